The Balaban J connectivity index is -0.000000537. The molecule has 2 unspecified atom stereocenters. The first kappa shape index (κ1) is 44.9. The maximum atomic E-state index is 11.7. The van der Waals surface area contributed by atoms with Gasteiger partial charge in [-0.25, -0.2) is 9.59 Å². The van der Waals surface area contributed by atoms with Crippen molar-refractivity contribution in [3.8, 4) is 0 Å². The summed E-state index contributed by atoms with van der Waals surface area (Å²) in [4.78, 5) is 25.9. The van der Waals surface area contributed by atoms with Gasteiger partial charge in [0.05, 0.1) is 13.2 Å². The molecule has 0 aliphatic rings. The van der Waals surface area contributed by atoms with Crippen LogP contribution in [0.3, 0.4) is 0 Å². The Morgan fingerprint density at radius 2 is 0.884 bits per heavy atom. The third-order valence-electron chi connectivity index (χ3n) is 6.72. The van der Waals surface area contributed by atoms with Gasteiger partial charge >= 0.3 is 11.9 Å². The maximum Gasteiger partial charge on any atom is 0.330 e. The Hall–Kier alpha value is -2.49. The van der Waals surface area contributed by atoms with Gasteiger partial charge in [0.15, 0.2) is 0 Å². The molecular formula is C34H60ClN3O5. The zero-order valence-corrected chi connectivity index (χ0v) is 29.0. The van der Waals surface area contributed by atoms with E-state index in [0.29, 0.717) is 26.1 Å². The van der Waals surface area contributed by atoms with Crippen molar-refractivity contribution in [2.24, 2.45) is 11.5 Å². The molecule has 0 saturated carbocycles. The van der Waals surface area contributed by atoms with E-state index in [9.17, 15) is 9.59 Å². The van der Waals surface area contributed by atoms with Gasteiger partial charge in [-0.15, -0.1) is 12.4 Å². The number of carbonyl (C=O) groups excluding carboxylic acids is 2. The number of hydrogen-bond donors (Lipinski definition) is 2. The lowest BCUT2D eigenvalue weighted by Crippen LogP contribution is -2.45. The highest BCUT2D eigenvalue weighted by Crippen LogP contribution is 2.24. The number of benzene rings is 2. The van der Waals surface area contributed by atoms with Gasteiger partial charge in [0.25, 0.3) is 0 Å². The second-order valence-electron chi connectivity index (χ2n) is 9.22. The highest BCUT2D eigenvalue weighted by atomic mass is 35.5. The standard InChI is InChI=1S/2C12H17NO2.C6H15N.C4H10O.ClH/c2*1-3-12(13,11(14)15-4-2)10-8-6-5-7-9-10;1-4-7(5-2)6-3;1-3-5-4-2;/h2*5-9H,3-4,13H2,1-2H3;4-6H2,1-3H3;3-4H2,1-2H3;1H. The molecule has 2 aromatic rings. The fourth-order valence-corrected chi connectivity index (χ4v) is 3.80. The Morgan fingerprint density at radius 1 is 0.581 bits per heavy atom. The molecule has 0 aliphatic heterocycles. The van der Waals surface area contributed by atoms with Crippen molar-refractivity contribution >= 4 is 24.3 Å². The van der Waals surface area contributed by atoms with Gasteiger partial charge in [-0.3, -0.25) is 0 Å². The van der Waals surface area contributed by atoms with Crippen LogP contribution in [-0.2, 0) is 34.9 Å². The minimum Gasteiger partial charge on any atom is -0.464 e. The Morgan fingerprint density at radius 3 is 1.05 bits per heavy atom. The van der Waals surface area contributed by atoms with Crippen molar-refractivity contribution in [2.45, 2.75) is 86.2 Å². The van der Waals surface area contributed by atoms with Crippen LogP contribution in [0.4, 0.5) is 0 Å². The van der Waals surface area contributed by atoms with Crippen molar-refractivity contribution in [2.75, 3.05) is 46.1 Å². The fraction of sp³-hybridized carbons (Fsp3) is 0.588. The van der Waals surface area contributed by atoms with E-state index in [1.54, 1.807) is 13.8 Å². The minimum atomic E-state index is -1.02. The van der Waals surface area contributed by atoms with Crippen LogP contribution in [0.5, 0.6) is 0 Å². The van der Waals surface area contributed by atoms with Crippen molar-refractivity contribution in [1.29, 1.82) is 0 Å². The third kappa shape index (κ3) is 16.8. The SMILES string of the molecule is CCN(CC)CC.CCOC(=O)C(N)(CC)c1ccccc1.CCOC(=O)C(N)(CC)c1ccccc1.CCOCC.Cl. The molecule has 0 radical (unpaired) electrons. The van der Waals surface area contributed by atoms with E-state index in [-0.39, 0.29) is 24.3 Å². The van der Waals surface area contributed by atoms with Crippen LogP contribution in [0.25, 0.3) is 0 Å². The van der Waals surface area contributed by atoms with Gasteiger partial charge in [0.2, 0.25) is 0 Å². The zero-order chi connectivity index (χ0) is 32.4. The van der Waals surface area contributed by atoms with E-state index in [4.69, 9.17) is 25.7 Å². The Kier molecular flexibility index (Phi) is 28.3. The number of nitrogens with zero attached hydrogens (tertiary/aromatic N) is 1. The summed E-state index contributed by atoms with van der Waals surface area (Å²) in [5.41, 5.74) is 11.7. The van der Waals surface area contributed by atoms with Crippen molar-refractivity contribution in [3.63, 3.8) is 0 Å². The quantitative estimate of drug-likeness (QED) is 0.244. The fourth-order valence-electron chi connectivity index (χ4n) is 3.80. The molecule has 43 heavy (non-hydrogen) atoms. The van der Waals surface area contributed by atoms with Gasteiger partial charge in [-0.1, -0.05) is 95.3 Å². The lowest BCUT2D eigenvalue weighted by molar-refractivity contribution is -0.151. The van der Waals surface area contributed by atoms with Crippen molar-refractivity contribution in [3.05, 3.63) is 71.8 Å². The topological polar surface area (TPSA) is 117 Å². The molecule has 0 aromatic heterocycles. The first-order valence-electron chi connectivity index (χ1n) is 15.4. The average molecular weight is 626 g/mol. The van der Waals surface area contributed by atoms with E-state index in [1.165, 1.54) is 19.6 Å². The molecule has 2 rings (SSSR count). The van der Waals surface area contributed by atoms with E-state index in [1.807, 2.05) is 88.4 Å². The van der Waals surface area contributed by atoms with E-state index in [0.717, 1.165) is 24.3 Å². The molecule has 248 valence electrons. The molecular weight excluding hydrogens is 566 g/mol. The molecule has 2 aromatic carbocycles. The third-order valence-corrected chi connectivity index (χ3v) is 6.72. The van der Waals surface area contributed by atoms with Crippen molar-refractivity contribution in [1.82, 2.24) is 4.90 Å². The number of rotatable bonds is 13. The maximum absolute atomic E-state index is 11.7. The van der Waals surface area contributed by atoms with E-state index >= 15 is 0 Å². The zero-order valence-electron chi connectivity index (χ0n) is 28.2. The highest BCUT2D eigenvalue weighted by molar-refractivity contribution is 5.85. The molecule has 9 heteroatoms. The molecule has 4 N–H and O–H groups in total. The van der Waals surface area contributed by atoms with Crippen molar-refractivity contribution < 1.29 is 23.8 Å². The van der Waals surface area contributed by atoms with E-state index in [2.05, 4.69) is 25.7 Å². The number of esters is 2. The molecule has 8 nitrogen and oxygen atoms in total. The summed E-state index contributed by atoms with van der Waals surface area (Å²) in [7, 11) is 0. The lowest BCUT2D eigenvalue weighted by atomic mass is 9.88. The predicted octanol–water partition coefficient (Wildman–Crippen LogP) is 6.44. The van der Waals surface area contributed by atoms with Gasteiger partial charge in [0.1, 0.15) is 11.1 Å². The first-order valence-corrected chi connectivity index (χ1v) is 15.4. The summed E-state index contributed by atoms with van der Waals surface area (Å²) in [5.74, 6) is -0.725. The van der Waals surface area contributed by atoms with Crippen LogP contribution in [0.15, 0.2) is 60.7 Å². The van der Waals surface area contributed by atoms with Crippen LogP contribution >= 0.6 is 12.4 Å². The molecule has 2 atom stereocenters. The number of carbonyl (C=O) groups is 2. The second kappa shape index (κ2) is 27.1. The molecule has 0 aliphatic carbocycles. The largest absolute Gasteiger partial charge is 0.464 e. The number of nitrogens with two attached hydrogens (primary N) is 2. The first-order chi connectivity index (χ1) is 20.1. The summed E-state index contributed by atoms with van der Waals surface area (Å²) >= 11 is 0. The molecule has 0 heterocycles. The minimum absolute atomic E-state index is 0. The van der Waals surface area contributed by atoms with Gasteiger partial charge in [-0.05, 0) is 71.3 Å². The summed E-state index contributed by atoms with van der Waals surface area (Å²) in [6.07, 6.45) is 1.05. The number of hydrogen-bond acceptors (Lipinski definition) is 8. The summed E-state index contributed by atoms with van der Waals surface area (Å²) in [6, 6.07) is 18.6. The summed E-state index contributed by atoms with van der Waals surface area (Å²) < 4.78 is 14.8. The number of halogens is 1. The van der Waals surface area contributed by atoms with Gasteiger partial charge < -0.3 is 30.6 Å². The van der Waals surface area contributed by atoms with Crippen LogP contribution < -0.4 is 11.5 Å². The molecule has 0 amide bonds. The van der Waals surface area contributed by atoms with Crippen LogP contribution in [0.2, 0.25) is 0 Å². The van der Waals surface area contributed by atoms with Crippen LogP contribution in [0.1, 0.15) is 86.3 Å². The smallest absolute Gasteiger partial charge is 0.330 e. The Labute approximate surface area is 268 Å². The molecule has 0 spiro atoms. The second-order valence-corrected chi connectivity index (χ2v) is 9.22. The summed E-state index contributed by atoms with van der Waals surface area (Å²) in [6.45, 7) is 23.8. The number of ether oxygens (including phenoxy) is 3. The predicted molar refractivity (Wildman–Crippen MR) is 181 cm³/mol. The summed E-state index contributed by atoms with van der Waals surface area (Å²) in [5, 5.41) is 0. The van der Waals surface area contributed by atoms with Gasteiger partial charge in [-0.2, -0.15) is 0 Å². The molecule has 0 saturated heterocycles. The molecule has 0 fully saturated rings. The highest BCUT2D eigenvalue weighted by Gasteiger charge is 2.36. The van der Waals surface area contributed by atoms with Crippen LogP contribution in [-0.4, -0.2) is 62.9 Å². The normalized spacial score (nSPS) is 12.7. The van der Waals surface area contributed by atoms with E-state index < -0.39 is 11.1 Å². The molecule has 0 bridgehead atoms. The van der Waals surface area contributed by atoms with Gasteiger partial charge in [0, 0.05) is 13.2 Å². The monoisotopic (exact) mass is 625 g/mol. The Bertz CT molecular complexity index is 857. The van der Waals surface area contributed by atoms with Crippen LogP contribution in [0, 0.1) is 0 Å². The lowest BCUT2D eigenvalue weighted by Gasteiger charge is -2.25. The average Bonchev–Trinajstić information content (AvgIpc) is 3.03.